The minimum absolute atomic E-state index is 0.108. The molecule has 224 valence electrons. The van der Waals surface area contributed by atoms with Gasteiger partial charge in [-0.05, 0) is 66.7 Å². The zero-order valence-electron chi connectivity index (χ0n) is 22.7. The Morgan fingerprint density at radius 3 is 2.62 bits per heavy atom. The number of benzene rings is 4. The van der Waals surface area contributed by atoms with Crippen LogP contribution in [0.2, 0.25) is 5.02 Å². The lowest BCUT2D eigenvalue weighted by Crippen LogP contribution is -2.21. The van der Waals surface area contributed by atoms with Crippen molar-refractivity contribution in [2.24, 2.45) is 5.10 Å². The molecule has 6 rings (SSSR count). The summed E-state index contributed by atoms with van der Waals surface area (Å²) in [6.45, 7) is -0.552. The normalized spacial score (nSPS) is 11.4. The number of aromatic nitrogens is 2. The Hall–Kier alpha value is -4.85. The van der Waals surface area contributed by atoms with Crippen LogP contribution in [0, 0.1) is 10.1 Å². The molecule has 0 aliphatic carbocycles. The summed E-state index contributed by atoms with van der Waals surface area (Å²) in [5, 5.41) is 20.6. The van der Waals surface area contributed by atoms with Gasteiger partial charge in [0.1, 0.15) is 5.58 Å². The van der Waals surface area contributed by atoms with Gasteiger partial charge in [0, 0.05) is 36.7 Å². The van der Waals surface area contributed by atoms with Crippen LogP contribution < -0.4 is 15.6 Å². The van der Waals surface area contributed by atoms with Crippen molar-refractivity contribution in [2.45, 2.75) is 0 Å². The van der Waals surface area contributed by atoms with Crippen LogP contribution in [0.4, 0.5) is 11.4 Å². The van der Waals surface area contributed by atoms with Gasteiger partial charge in [-0.1, -0.05) is 55.6 Å². The van der Waals surface area contributed by atoms with Crippen molar-refractivity contribution in [1.82, 2.24) is 9.66 Å². The van der Waals surface area contributed by atoms with Crippen LogP contribution in [-0.2, 0) is 4.79 Å². The van der Waals surface area contributed by atoms with Gasteiger partial charge in [0.05, 0.1) is 22.0 Å². The van der Waals surface area contributed by atoms with E-state index in [-0.39, 0.29) is 22.9 Å². The maximum Gasteiger partial charge on any atom is 0.312 e. The van der Waals surface area contributed by atoms with E-state index in [4.69, 9.17) is 20.8 Å². The quantitative estimate of drug-likeness (QED) is 0.0951. The summed E-state index contributed by atoms with van der Waals surface area (Å²) < 4.78 is 14.0. The molecule has 0 aliphatic rings. The molecule has 6 aromatic rings. The van der Waals surface area contributed by atoms with Crippen molar-refractivity contribution < 1.29 is 18.9 Å². The van der Waals surface area contributed by atoms with Crippen molar-refractivity contribution in [3.8, 4) is 17.3 Å². The van der Waals surface area contributed by atoms with Gasteiger partial charge in [-0.3, -0.25) is 19.7 Å². The topological polar surface area (TPSA) is 142 Å². The van der Waals surface area contributed by atoms with E-state index in [0.29, 0.717) is 31.7 Å². The molecule has 45 heavy (non-hydrogen) atoms. The lowest BCUT2D eigenvalue weighted by Gasteiger charge is -2.11. The third kappa shape index (κ3) is 6.50. The molecule has 0 aliphatic heterocycles. The van der Waals surface area contributed by atoms with Crippen molar-refractivity contribution >= 4 is 88.8 Å². The number of hydrogen-bond acceptors (Lipinski definition) is 8. The minimum Gasteiger partial charge on any atom is -0.476 e. The summed E-state index contributed by atoms with van der Waals surface area (Å²) in [7, 11) is 0. The third-order valence-electron chi connectivity index (χ3n) is 6.50. The van der Waals surface area contributed by atoms with Gasteiger partial charge < -0.3 is 14.5 Å². The number of carbonyl (C=O) groups is 1. The SMILES string of the molecule is O=C(COc1c(C=Nn2c(-c3cc4cc(Br)ccc4o3)nc3ccccc3c2=O)cc(Br)cc1[N+](=O)[O-])Nc1ccc(Cl)cc1. The maximum absolute atomic E-state index is 13.7. The number of ether oxygens (including phenoxy) is 1. The Morgan fingerprint density at radius 1 is 1.07 bits per heavy atom. The molecule has 2 aromatic heterocycles. The van der Waals surface area contributed by atoms with Gasteiger partial charge >= 0.3 is 5.69 Å². The largest absolute Gasteiger partial charge is 0.476 e. The van der Waals surface area contributed by atoms with Crippen molar-refractivity contribution in [3.05, 3.63) is 125 Å². The highest BCUT2D eigenvalue weighted by Crippen LogP contribution is 2.34. The predicted molar refractivity (Wildman–Crippen MR) is 178 cm³/mol. The van der Waals surface area contributed by atoms with Crippen molar-refractivity contribution in [1.29, 1.82) is 0 Å². The summed E-state index contributed by atoms with van der Waals surface area (Å²) >= 11 is 12.6. The van der Waals surface area contributed by atoms with Crippen LogP contribution in [-0.4, -0.2) is 33.3 Å². The molecule has 0 radical (unpaired) electrons. The third-order valence-corrected chi connectivity index (χ3v) is 7.70. The Labute approximate surface area is 275 Å². The molecule has 11 nitrogen and oxygen atoms in total. The lowest BCUT2D eigenvalue weighted by atomic mass is 10.2. The number of rotatable bonds is 8. The van der Waals surface area contributed by atoms with Gasteiger partial charge in [-0.25, -0.2) is 4.98 Å². The van der Waals surface area contributed by atoms with Crippen LogP contribution in [0.5, 0.6) is 5.75 Å². The smallest absolute Gasteiger partial charge is 0.312 e. The zero-order valence-corrected chi connectivity index (χ0v) is 26.7. The van der Waals surface area contributed by atoms with Crippen LogP contribution in [0.3, 0.4) is 0 Å². The second kappa shape index (κ2) is 12.6. The number of carbonyl (C=O) groups excluding carboxylic acids is 1. The monoisotopic (exact) mass is 749 g/mol. The first kappa shape index (κ1) is 30.2. The van der Waals surface area contributed by atoms with Gasteiger partial charge in [0.15, 0.2) is 12.4 Å². The molecule has 0 spiro atoms. The Balaban J connectivity index is 1.42. The van der Waals surface area contributed by atoms with E-state index in [0.717, 1.165) is 14.5 Å². The Kier molecular flexibility index (Phi) is 8.48. The molecule has 0 bridgehead atoms. The van der Waals surface area contributed by atoms with Crippen LogP contribution in [0.15, 0.2) is 108 Å². The fourth-order valence-corrected chi connectivity index (χ4v) is 5.46. The summed E-state index contributed by atoms with van der Waals surface area (Å²) in [5.41, 5.74) is 0.671. The second-order valence-corrected chi connectivity index (χ2v) is 11.8. The highest BCUT2D eigenvalue weighted by Gasteiger charge is 2.22. The zero-order chi connectivity index (χ0) is 31.7. The summed E-state index contributed by atoms with van der Waals surface area (Å²) in [5.74, 6) is -0.406. The van der Waals surface area contributed by atoms with E-state index in [2.05, 4.69) is 47.3 Å². The maximum atomic E-state index is 13.7. The molecule has 14 heteroatoms. The average Bonchev–Trinajstić information content (AvgIpc) is 3.44. The van der Waals surface area contributed by atoms with Gasteiger partial charge in [0.25, 0.3) is 11.5 Å². The van der Waals surface area contributed by atoms with E-state index >= 15 is 0 Å². The van der Waals surface area contributed by atoms with E-state index in [1.165, 1.54) is 18.3 Å². The molecular formula is C31H18Br2ClN5O6. The standard InChI is InChI=1S/C31H18Br2ClN5O6/c32-19-5-10-26-17(11-19)13-27(45-26)30-37-24-4-2-1-3-23(24)31(41)38(30)35-15-18-12-20(33)14-25(39(42)43)29(18)44-16-28(40)36-22-8-6-21(34)7-9-22/h1-15H,16H2,(H,36,40). The first-order valence-electron chi connectivity index (χ1n) is 13.1. The summed E-state index contributed by atoms with van der Waals surface area (Å²) in [6, 6.07) is 23.2. The first-order chi connectivity index (χ1) is 21.7. The van der Waals surface area contributed by atoms with Crippen molar-refractivity contribution in [2.75, 3.05) is 11.9 Å². The molecule has 4 aromatic carbocycles. The molecule has 0 saturated carbocycles. The number of furan rings is 1. The summed E-state index contributed by atoms with van der Waals surface area (Å²) in [4.78, 5) is 42.3. The molecule has 0 fully saturated rings. The number of fused-ring (bicyclic) bond motifs is 2. The van der Waals surface area contributed by atoms with Gasteiger partial charge in [-0.2, -0.15) is 9.78 Å². The van der Waals surface area contributed by atoms with Gasteiger partial charge in [-0.15, -0.1) is 0 Å². The van der Waals surface area contributed by atoms with Crippen LogP contribution in [0.25, 0.3) is 33.5 Å². The number of halogens is 3. The number of para-hydroxylation sites is 1. The molecule has 1 amide bonds. The van der Waals surface area contributed by atoms with Crippen molar-refractivity contribution in [3.63, 3.8) is 0 Å². The molecule has 2 heterocycles. The number of hydrogen-bond donors (Lipinski definition) is 1. The fourth-order valence-electron chi connectivity index (χ4n) is 4.49. The number of nitrogens with zero attached hydrogens (tertiary/aromatic N) is 4. The molecular weight excluding hydrogens is 734 g/mol. The highest BCUT2D eigenvalue weighted by molar-refractivity contribution is 9.10. The Bertz CT molecular complexity index is 2220. The number of nitro groups is 1. The van der Waals surface area contributed by atoms with E-state index in [9.17, 15) is 19.7 Å². The van der Waals surface area contributed by atoms with Crippen LogP contribution >= 0.6 is 43.5 Å². The van der Waals surface area contributed by atoms with E-state index < -0.39 is 28.7 Å². The van der Waals surface area contributed by atoms with Crippen LogP contribution in [0.1, 0.15) is 5.56 Å². The number of nitrogens with one attached hydrogen (secondary N) is 1. The lowest BCUT2D eigenvalue weighted by molar-refractivity contribution is -0.385. The first-order valence-corrected chi connectivity index (χ1v) is 15.0. The minimum atomic E-state index is -0.643. The van der Waals surface area contributed by atoms with E-state index in [1.54, 1.807) is 60.7 Å². The Morgan fingerprint density at radius 2 is 1.84 bits per heavy atom. The average molecular weight is 752 g/mol. The molecule has 0 unspecified atom stereocenters. The number of anilines is 1. The number of amides is 1. The predicted octanol–water partition coefficient (Wildman–Crippen LogP) is 7.80. The molecule has 1 N–H and O–H groups in total. The molecule has 0 atom stereocenters. The second-order valence-electron chi connectivity index (χ2n) is 9.55. The number of nitro benzene ring substituents is 1. The fraction of sp³-hybridized carbons (Fsp3) is 0.0323. The summed E-state index contributed by atoms with van der Waals surface area (Å²) in [6.07, 6.45) is 1.23. The molecule has 0 saturated heterocycles. The van der Waals surface area contributed by atoms with Gasteiger partial charge in [0.2, 0.25) is 11.6 Å². The van der Waals surface area contributed by atoms with E-state index in [1.807, 2.05) is 12.1 Å². The highest BCUT2D eigenvalue weighted by atomic mass is 79.9.